The van der Waals surface area contributed by atoms with E-state index in [1.54, 1.807) is 0 Å². The zero-order valence-corrected chi connectivity index (χ0v) is 5.90. The van der Waals surface area contributed by atoms with E-state index in [0.717, 1.165) is 11.3 Å². The summed E-state index contributed by atoms with van der Waals surface area (Å²) in [5.74, 6) is 1.11. The summed E-state index contributed by atoms with van der Waals surface area (Å²) in [6.07, 6.45) is 9.39. The van der Waals surface area contributed by atoms with E-state index >= 15 is 0 Å². The molecule has 0 aliphatic heterocycles. The molecule has 0 saturated heterocycles. The van der Waals surface area contributed by atoms with Crippen molar-refractivity contribution >= 4 is 0 Å². The Kier molecular flexibility index (Phi) is 0.992. The van der Waals surface area contributed by atoms with Crippen LogP contribution < -0.4 is 0 Å². The van der Waals surface area contributed by atoms with Gasteiger partial charge in [0.1, 0.15) is 0 Å². The first-order chi connectivity index (χ1) is 4.37. The van der Waals surface area contributed by atoms with Gasteiger partial charge in [-0.2, -0.15) is 0 Å². The smallest absolute Gasteiger partial charge is 0.0232 e. The molecule has 2 aliphatic carbocycles. The minimum absolute atomic E-state index is 0.793. The average molecular weight is 122 g/mol. The second-order valence-corrected chi connectivity index (χ2v) is 3.65. The summed E-state index contributed by atoms with van der Waals surface area (Å²) in [7, 11) is 0. The summed E-state index contributed by atoms with van der Waals surface area (Å²) >= 11 is 0. The first-order valence-electron chi connectivity index (χ1n) is 3.98. The van der Waals surface area contributed by atoms with Crippen molar-refractivity contribution < 1.29 is 0 Å². The Balaban J connectivity index is 2.02. The van der Waals surface area contributed by atoms with Crippen LogP contribution in [-0.4, -0.2) is 0 Å². The molecule has 0 aromatic rings. The van der Waals surface area contributed by atoms with Crippen LogP contribution >= 0.6 is 0 Å². The lowest BCUT2D eigenvalue weighted by Crippen LogP contribution is -1.94. The Labute approximate surface area is 57.0 Å². The normalized spacial score (nSPS) is 46.4. The summed E-state index contributed by atoms with van der Waals surface area (Å²) in [4.78, 5) is 0. The molecule has 2 unspecified atom stereocenters. The molecule has 0 bridgehead atoms. The van der Waals surface area contributed by atoms with Gasteiger partial charge in [-0.3, -0.25) is 0 Å². The molecule has 0 spiro atoms. The fraction of sp³-hybridized carbons (Fsp3) is 0.778. The maximum Gasteiger partial charge on any atom is -0.0232 e. The molecule has 0 amide bonds. The summed E-state index contributed by atoms with van der Waals surface area (Å²) < 4.78 is 0. The molecule has 2 saturated carbocycles. The van der Waals surface area contributed by atoms with E-state index in [1.165, 1.54) is 32.1 Å². The van der Waals surface area contributed by atoms with Gasteiger partial charge in [-0.1, -0.05) is 12.5 Å². The van der Waals surface area contributed by atoms with Crippen LogP contribution in [0.1, 0.15) is 32.1 Å². The van der Waals surface area contributed by atoms with Crippen molar-refractivity contribution in [1.82, 2.24) is 0 Å². The van der Waals surface area contributed by atoms with Gasteiger partial charge in [0.2, 0.25) is 0 Å². The zero-order valence-electron chi connectivity index (χ0n) is 5.90. The van der Waals surface area contributed by atoms with E-state index < -0.39 is 0 Å². The summed E-state index contributed by atoms with van der Waals surface area (Å²) in [6, 6.07) is 0. The van der Waals surface area contributed by atoms with Crippen LogP contribution in [0.4, 0.5) is 0 Å². The predicted octanol–water partition coefficient (Wildman–Crippen LogP) is 2.75. The molecule has 0 aromatic carbocycles. The zero-order chi connectivity index (χ0) is 6.32. The lowest BCUT2D eigenvalue weighted by atomic mass is 10.00. The highest BCUT2D eigenvalue weighted by Gasteiger charge is 2.55. The number of rotatable bonds is 2. The fourth-order valence-electron chi connectivity index (χ4n) is 2.49. The van der Waals surface area contributed by atoms with Gasteiger partial charge >= 0.3 is 0 Å². The van der Waals surface area contributed by atoms with E-state index in [2.05, 4.69) is 12.7 Å². The predicted molar refractivity (Wildman–Crippen MR) is 39.2 cm³/mol. The largest absolute Gasteiger partial charge is 0.103 e. The molecule has 0 radical (unpaired) electrons. The van der Waals surface area contributed by atoms with Crippen molar-refractivity contribution in [3.63, 3.8) is 0 Å². The average Bonchev–Trinajstić information content (AvgIpc) is 2.37. The SMILES string of the molecule is C=CCC12CCCC1C2. The summed E-state index contributed by atoms with van der Waals surface area (Å²) in [5, 5.41) is 0. The number of allylic oxidation sites excluding steroid dienone is 1. The van der Waals surface area contributed by atoms with E-state index in [4.69, 9.17) is 0 Å². The third-order valence-electron chi connectivity index (χ3n) is 3.14. The van der Waals surface area contributed by atoms with Crippen LogP contribution in [0, 0.1) is 11.3 Å². The van der Waals surface area contributed by atoms with Crippen molar-refractivity contribution in [2.45, 2.75) is 32.1 Å². The molecule has 2 rings (SSSR count). The lowest BCUT2D eigenvalue weighted by Gasteiger charge is -2.05. The van der Waals surface area contributed by atoms with Crippen molar-refractivity contribution in [2.24, 2.45) is 11.3 Å². The van der Waals surface area contributed by atoms with Gasteiger partial charge in [0.15, 0.2) is 0 Å². The Morgan fingerprint density at radius 3 is 3.00 bits per heavy atom. The molecule has 2 atom stereocenters. The second-order valence-electron chi connectivity index (χ2n) is 3.65. The van der Waals surface area contributed by atoms with E-state index in [1.807, 2.05) is 0 Å². The number of hydrogen-bond acceptors (Lipinski definition) is 0. The van der Waals surface area contributed by atoms with E-state index in [0.29, 0.717) is 0 Å². The molecule has 0 heterocycles. The van der Waals surface area contributed by atoms with Crippen molar-refractivity contribution in [3.8, 4) is 0 Å². The third-order valence-corrected chi connectivity index (χ3v) is 3.14. The highest BCUT2D eigenvalue weighted by molar-refractivity contribution is 5.08. The molecule has 0 heteroatoms. The molecular weight excluding hydrogens is 108 g/mol. The van der Waals surface area contributed by atoms with Crippen LogP contribution in [0.5, 0.6) is 0 Å². The number of hydrogen-bond donors (Lipinski definition) is 0. The highest BCUT2D eigenvalue weighted by Crippen LogP contribution is 2.65. The van der Waals surface area contributed by atoms with Gasteiger partial charge in [0.05, 0.1) is 0 Å². The molecule has 0 aromatic heterocycles. The fourth-order valence-corrected chi connectivity index (χ4v) is 2.49. The lowest BCUT2D eigenvalue weighted by molar-refractivity contribution is 0.496. The van der Waals surface area contributed by atoms with Gasteiger partial charge in [0.25, 0.3) is 0 Å². The molecule has 2 fully saturated rings. The minimum atomic E-state index is 0.793. The topological polar surface area (TPSA) is 0 Å². The van der Waals surface area contributed by atoms with Crippen molar-refractivity contribution in [1.29, 1.82) is 0 Å². The molecule has 50 valence electrons. The van der Waals surface area contributed by atoms with Crippen molar-refractivity contribution in [2.75, 3.05) is 0 Å². The first kappa shape index (κ1) is 5.52. The Bertz CT molecular complexity index is 137. The first-order valence-corrected chi connectivity index (χ1v) is 3.98. The summed E-state index contributed by atoms with van der Waals surface area (Å²) in [6.45, 7) is 3.80. The molecule has 9 heavy (non-hydrogen) atoms. The van der Waals surface area contributed by atoms with Gasteiger partial charge in [-0.15, -0.1) is 6.58 Å². The standard InChI is InChI=1S/C9H14/c1-2-5-9-6-3-4-8(9)7-9/h2,8H,1,3-7H2. The van der Waals surface area contributed by atoms with Gasteiger partial charge in [-0.25, -0.2) is 0 Å². The Morgan fingerprint density at radius 1 is 1.67 bits per heavy atom. The highest BCUT2D eigenvalue weighted by atomic mass is 14.6. The van der Waals surface area contributed by atoms with Crippen LogP contribution in [0.2, 0.25) is 0 Å². The van der Waals surface area contributed by atoms with Gasteiger partial charge in [-0.05, 0) is 37.0 Å². The summed E-state index contributed by atoms with van der Waals surface area (Å²) in [5.41, 5.74) is 0.793. The van der Waals surface area contributed by atoms with Crippen molar-refractivity contribution in [3.05, 3.63) is 12.7 Å². The second kappa shape index (κ2) is 1.62. The molecular formula is C9H14. The monoisotopic (exact) mass is 122 g/mol. The number of fused-ring (bicyclic) bond motifs is 1. The van der Waals surface area contributed by atoms with E-state index in [9.17, 15) is 0 Å². The maximum absolute atomic E-state index is 3.80. The van der Waals surface area contributed by atoms with Gasteiger partial charge in [0, 0.05) is 0 Å². The van der Waals surface area contributed by atoms with Gasteiger partial charge < -0.3 is 0 Å². The van der Waals surface area contributed by atoms with Crippen LogP contribution in [-0.2, 0) is 0 Å². The minimum Gasteiger partial charge on any atom is -0.103 e. The van der Waals surface area contributed by atoms with Crippen LogP contribution in [0.15, 0.2) is 12.7 Å². The molecule has 0 N–H and O–H groups in total. The van der Waals surface area contributed by atoms with Crippen LogP contribution in [0.3, 0.4) is 0 Å². The molecule has 0 nitrogen and oxygen atoms in total. The van der Waals surface area contributed by atoms with Crippen LogP contribution in [0.25, 0.3) is 0 Å². The van der Waals surface area contributed by atoms with E-state index in [-0.39, 0.29) is 0 Å². The quantitative estimate of drug-likeness (QED) is 0.494. The Morgan fingerprint density at radius 2 is 2.56 bits per heavy atom. The third kappa shape index (κ3) is 0.654. The maximum atomic E-state index is 3.80. The molecule has 2 aliphatic rings. The Hall–Kier alpha value is -0.260.